The lowest BCUT2D eigenvalue weighted by atomic mass is 10.2. The van der Waals surface area contributed by atoms with E-state index in [0.717, 1.165) is 22.5 Å². The van der Waals surface area contributed by atoms with Crippen molar-refractivity contribution in [2.75, 3.05) is 18.9 Å². The Morgan fingerprint density at radius 1 is 1.27 bits per heavy atom. The van der Waals surface area contributed by atoms with Crippen LogP contribution in [0.4, 0.5) is 5.69 Å². The standard InChI is InChI=1S/C27H33N7O2S/c1-4-17(2)25(19-5-6-19)37-24(28-3)15-30-21-14-31-23-8-7-22(34(23)27(21)36)26(35)32-12-18-11-20-13-29-9-10-33(20)16-18/h9-11,13-14,16,19,22,30H,4-8,12,15H2,1-3H3,(H,32,35). The molecule has 0 saturated heterocycles. The lowest BCUT2D eigenvalue weighted by Crippen LogP contribution is -2.36. The molecular formula is C27H33N7O2S. The van der Waals surface area contributed by atoms with E-state index in [9.17, 15) is 9.59 Å². The molecule has 0 radical (unpaired) electrons. The number of rotatable bonds is 9. The number of carbonyl (C=O) groups excluding carboxylic acids is 1. The van der Waals surface area contributed by atoms with E-state index >= 15 is 0 Å². The van der Waals surface area contributed by atoms with Gasteiger partial charge in [0.15, 0.2) is 0 Å². The third-order valence-electron chi connectivity index (χ3n) is 7.06. The van der Waals surface area contributed by atoms with Crippen molar-refractivity contribution < 1.29 is 4.79 Å². The average Bonchev–Trinajstić information content (AvgIpc) is 3.51. The van der Waals surface area contributed by atoms with E-state index < -0.39 is 6.04 Å². The summed E-state index contributed by atoms with van der Waals surface area (Å²) in [6.07, 6.45) is 13.6. The predicted molar refractivity (Wildman–Crippen MR) is 148 cm³/mol. The van der Waals surface area contributed by atoms with E-state index in [1.165, 1.54) is 23.3 Å². The molecule has 194 valence electrons. The average molecular weight is 520 g/mol. The van der Waals surface area contributed by atoms with Crippen molar-refractivity contribution in [3.05, 3.63) is 69.3 Å². The Morgan fingerprint density at radius 2 is 2.11 bits per heavy atom. The van der Waals surface area contributed by atoms with E-state index in [1.54, 1.807) is 42.0 Å². The second kappa shape index (κ2) is 10.9. The van der Waals surface area contributed by atoms with Crippen molar-refractivity contribution in [1.29, 1.82) is 0 Å². The van der Waals surface area contributed by atoms with E-state index in [2.05, 4.69) is 39.4 Å². The van der Waals surface area contributed by atoms with Gasteiger partial charge >= 0.3 is 0 Å². The Labute approximate surface area is 220 Å². The zero-order valence-corrected chi connectivity index (χ0v) is 22.3. The van der Waals surface area contributed by atoms with Crippen molar-refractivity contribution in [2.45, 2.75) is 58.5 Å². The van der Waals surface area contributed by atoms with Crippen LogP contribution in [0.3, 0.4) is 0 Å². The topological polar surface area (TPSA) is 106 Å². The first-order chi connectivity index (χ1) is 18.0. The molecular weight excluding hydrogens is 486 g/mol. The number of aryl methyl sites for hydroxylation is 1. The number of nitrogens with zero attached hydrogens (tertiary/aromatic N) is 5. The highest BCUT2D eigenvalue weighted by molar-refractivity contribution is 8.17. The van der Waals surface area contributed by atoms with Gasteiger partial charge in [0.2, 0.25) is 5.91 Å². The molecule has 2 aliphatic rings. The first kappa shape index (κ1) is 25.3. The maximum atomic E-state index is 13.4. The summed E-state index contributed by atoms with van der Waals surface area (Å²) in [6.45, 7) is 5.20. The van der Waals surface area contributed by atoms with Crippen LogP contribution < -0.4 is 16.2 Å². The van der Waals surface area contributed by atoms with Gasteiger partial charge in [0, 0.05) is 38.6 Å². The molecule has 1 fully saturated rings. The van der Waals surface area contributed by atoms with Gasteiger partial charge in [-0.25, -0.2) is 4.98 Å². The van der Waals surface area contributed by atoms with Crippen LogP contribution >= 0.6 is 11.8 Å². The number of allylic oxidation sites excluding steroid dienone is 2. The summed E-state index contributed by atoms with van der Waals surface area (Å²) in [5.41, 5.74) is 3.52. The van der Waals surface area contributed by atoms with Crippen LogP contribution in [0.25, 0.3) is 5.52 Å². The number of hydrogen-bond donors (Lipinski definition) is 2. The first-order valence-corrected chi connectivity index (χ1v) is 13.7. The monoisotopic (exact) mass is 519 g/mol. The van der Waals surface area contributed by atoms with E-state index in [4.69, 9.17) is 0 Å². The zero-order chi connectivity index (χ0) is 25.9. The minimum absolute atomic E-state index is 0.172. The van der Waals surface area contributed by atoms with Crippen LogP contribution in [0.5, 0.6) is 0 Å². The largest absolute Gasteiger partial charge is 0.373 e. The molecule has 1 atom stereocenters. The molecule has 1 amide bonds. The van der Waals surface area contributed by atoms with E-state index in [1.807, 2.05) is 22.9 Å². The van der Waals surface area contributed by atoms with Gasteiger partial charge in [0.1, 0.15) is 17.6 Å². The van der Waals surface area contributed by atoms with Gasteiger partial charge < -0.3 is 15.0 Å². The number of carbonyl (C=O) groups is 1. The molecule has 10 heteroatoms. The normalized spacial score (nSPS) is 18.0. The second-order valence-corrected chi connectivity index (χ2v) is 10.8. The van der Waals surface area contributed by atoms with Gasteiger partial charge in [-0.15, -0.1) is 0 Å². The molecule has 0 aromatic carbocycles. The molecule has 4 heterocycles. The van der Waals surface area contributed by atoms with E-state index in [0.29, 0.717) is 43.4 Å². The fourth-order valence-electron chi connectivity index (χ4n) is 4.69. The van der Waals surface area contributed by atoms with E-state index in [-0.39, 0.29) is 11.5 Å². The quantitative estimate of drug-likeness (QED) is 0.327. The highest BCUT2D eigenvalue weighted by Crippen LogP contribution is 2.44. The molecule has 2 N–H and O–H groups in total. The maximum absolute atomic E-state index is 13.4. The van der Waals surface area contributed by atoms with Crippen LogP contribution in [0.2, 0.25) is 0 Å². The number of aromatic nitrogens is 4. The van der Waals surface area contributed by atoms with Crippen LogP contribution in [-0.2, 0) is 17.8 Å². The lowest BCUT2D eigenvalue weighted by Gasteiger charge is -2.16. The molecule has 0 bridgehead atoms. The molecule has 1 aliphatic carbocycles. The first-order valence-electron chi connectivity index (χ1n) is 12.8. The SMILES string of the molecule is CCC(C)=C(SC(CNc1cnc2n(c1=O)C(C(=O)NCc1cc3cnccn3c1)CC2)=NC)C1CC1. The Balaban J connectivity index is 1.25. The van der Waals surface area contributed by atoms with Gasteiger partial charge in [-0.3, -0.25) is 24.1 Å². The second-order valence-electron chi connectivity index (χ2n) is 9.64. The minimum atomic E-state index is -0.569. The molecule has 9 nitrogen and oxygen atoms in total. The highest BCUT2D eigenvalue weighted by atomic mass is 32.2. The van der Waals surface area contributed by atoms with Crippen LogP contribution in [0.1, 0.15) is 57.0 Å². The maximum Gasteiger partial charge on any atom is 0.277 e. The molecule has 1 saturated carbocycles. The summed E-state index contributed by atoms with van der Waals surface area (Å²) in [7, 11) is 1.79. The Bertz CT molecular complexity index is 1400. The van der Waals surface area contributed by atoms with Gasteiger partial charge in [0.25, 0.3) is 5.56 Å². The van der Waals surface area contributed by atoms with Crippen molar-refractivity contribution in [3.63, 3.8) is 0 Å². The summed E-state index contributed by atoms with van der Waals surface area (Å²) in [5, 5.41) is 7.17. The Kier molecular flexibility index (Phi) is 7.45. The number of nitrogens with one attached hydrogen (secondary N) is 2. The minimum Gasteiger partial charge on any atom is -0.373 e. The molecule has 0 spiro atoms. The number of anilines is 1. The van der Waals surface area contributed by atoms with Crippen LogP contribution in [-0.4, -0.2) is 43.5 Å². The molecule has 5 rings (SSSR count). The van der Waals surface area contributed by atoms with Gasteiger partial charge in [0.05, 0.1) is 29.5 Å². The fourth-order valence-corrected chi connectivity index (χ4v) is 5.90. The summed E-state index contributed by atoms with van der Waals surface area (Å²) >= 11 is 1.72. The number of aliphatic imine (C=N–C) groups is 1. The molecule has 1 aliphatic heterocycles. The predicted octanol–water partition coefficient (Wildman–Crippen LogP) is 3.96. The van der Waals surface area contributed by atoms with Crippen molar-refractivity contribution in [3.8, 4) is 0 Å². The summed E-state index contributed by atoms with van der Waals surface area (Å²) in [6, 6.07) is 1.42. The Hall–Kier alpha value is -3.40. The third kappa shape index (κ3) is 5.49. The number of fused-ring (bicyclic) bond motifs is 2. The third-order valence-corrected chi connectivity index (χ3v) is 8.52. The van der Waals surface area contributed by atoms with Crippen molar-refractivity contribution >= 4 is 33.9 Å². The number of amides is 1. The van der Waals surface area contributed by atoms with Gasteiger partial charge in [-0.1, -0.05) is 24.3 Å². The number of thioether (sulfide) groups is 1. The summed E-state index contributed by atoms with van der Waals surface area (Å²) in [4.78, 5) is 41.0. The van der Waals surface area contributed by atoms with Crippen LogP contribution in [0.15, 0.2) is 57.3 Å². The molecule has 3 aromatic rings. The highest BCUT2D eigenvalue weighted by Gasteiger charge is 2.31. The lowest BCUT2D eigenvalue weighted by molar-refractivity contribution is -0.124. The molecule has 3 aromatic heterocycles. The van der Waals surface area contributed by atoms with Crippen molar-refractivity contribution in [2.24, 2.45) is 10.9 Å². The van der Waals surface area contributed by atoms with Gasteiger partial charge in [-0.05, 0) is 55.1 Å². The summed E-state index contributed by atoms with van der Waals surface area (Å²) < 4.78 is 3.51. The summed E-state index contributed by atoms with van der Waals surface area (Å²) in [5.74, 6) is 1.12. The molecule has 1 unspecified atom stereocenters. The fraction of sp³-hybridized carbons (Fsp3) is 0.444. The molecule has 37 heavy (non-hydrogen) atoms. The zero-order valence-electron chi connectivity index (χ0n) is 21.5. The van der Waals surface area contributed by atoms with Crippen LogP contribution in [0, 0.1) is 5.92 Å². The van der Waals surface area contributed by atoms with Gasteiger partial charge in [-0.2, -0.15) is 0 Å². The smallest absolute Gasteiger partial charge is 0.277 e. The van der Waals surface area contributed by atoms with Crippen molar-refractivity contribution in [1.82, 2.24) is 24.3 Å². The Morgan fingerprint density at radius 3 is 2.84 bits per heavy atom. The number of hydrogen-bond acceptors (Lipinski definition) is 7.